The van der Waals surface area contributed by atoms with Crippen molar-refractivity contribution in [3.63, 3.8) is 0 Å². The Bertz CT molecular complexity index is 581. The van der Waals surface area contributed by atoms with Crippen molar-refractivity contribution in [3.8, 4) is 5.75 Å². The summed E-state index contributed by atoms with van der Waals surface area (Å²) in [5.41, 5.74) is 6.48. The van der Waals surface area contributed by atoms with E-state index in [0.717, 1.165) is 6.07 Å². The molecule has 2 aromatic rings. The fraction of sp³-hybridized carbons (Fsp3) is 0.300. The first-order chi connectivity index (χ1) is 8.85. The number of ether oxygens (including phenoxy) is 1. The van der Waals surface area contributed by atoms with E-state index < -0.39 is 6.36 Å². The van der Waals surface area contributed by atoms with Crippen LogP contribution in [0.2, 0.25) is 0 Å². The number of anilines is 1. The molecule has 0 saturated heterocycles. The normalized spacial score (nSPS) is 11.6. The maximum absolute atomic E-state index is 12.0. The van der Waals surface area contributed by atoms with Gasteiger partial charge < -0.3 is 10.5 Å². The number of aromatic nitrogens is 4. The van der Waals surface area contributed by atoms with Gasteiger partial charge in [-0.05, 0) is 22.1 Å². The van der Waals surface area contributed by atoms with E-state index in [9.17, 15) is 13.2 Å². The van der Waals surface area contributed by atoms with Crippen LogP contribution in [-0.2, 0) is 13.5 Å². The fourth-order valence-electron chi connectivity index (χ4n) is 1.50. The van der Waals surface area contributed by atoms with E-state index >= 15 is 0 Å². The number of aryl methyl sites for hydroxylation is 1. The van der Waals surface area contributed by atoms with Crippen LogP contribution in [-0.4, -0.2) is 26.6 Å². The zero-order valence-electron chi connectivity index (χ0n) is 9.85. The summed E-state index contributed by atoms with van der Waals surface area (Å²) in [6, 6.07) is 3.76. The van der Waals surface area contributed by atoms with Gasteiger partial charge in [0.15, 0.2) is 5.82 Å². The Balaban J connectivity index is 2.18. The molecule has 0 spiro atoms. The largest absolute Gasteiger partial charge is 0.573 e. The van der Waals surface area contributed by atoms with E-state index in [1.165, 1.54) is 16.8 Å². The first-order valence-electron chi connectivity index (χ1n) is 5.20. The van der Waals surface area contributed by atoms with Crippen LogP contribution in [0, 0.1) is 0 Å². The molecule has 1 aromatic carbocycles. The highest BCUT2D eigenvalue weighted by Gasteiger charge is 2.31. The van der Waals surface area contributed by atoms with Crippen LogP contribution < -0.4 is 10.5 Å². The lowest BCUT2D eigenvalue weighted by Crippen LogP contribution is -2.17. The SMILES string of the molecule is Cn1nnnc1Cc1ccc(OC(F)(F)F)cc1N. The molecule has 0 aliphatic rings. The molecule has 0 unspecified atom stereocenters. The molecule has 2 N–H and O–H groups in total. The van der Waals surface area contributed by atoms with Crippen molar-refractivity contribution in [3.05, 3.63) is 29.6 Å². The third-order valence-corrected chi connectivity index (χ3v) is 2.41. The van der Waals surface area contributed by atoms with Crippen molar-refractivity contribution < 1.29 is 17.9 Å². The molecule has 0 amide bonds. The van der Waals surface area contributed by atoms with E-state index in [4.69, 9.17) is 5.73 Å². The number of nitrogens with zero attached hydrogens (tertiary/aromatic N) is 4. The van der Waals surface area contributed by atoms with Gasteiger partial charge in [0.25, 0.3) is 0 Å². The third-order valence-electron chi connectivity index (χ3n) is 2.41. The number of tetrazole rings is 1. The molecule has 2 rings (SSSR count). The second-order valence-corrected chi connectivity index (χ2v) is 3.80. The highest BCUT2D eigenvalue weighted by Crippen LogP contribution is 2.26. The van der Waals surface area contributed by atoms with Crippen LogP contribution in [0.25, 0.3) is 0 Å². The lowest BCUT2D eigenvalue weighted by Gasteiger charge is -2.11. The zero-order valence-corrected chi connectivity index (χ0v) is 9.85. The molecule has 0 aliphatic carbocycles. The molecule has 0 atom stereocenters. The van der Waals surface area contributed by atoms with Crippen LogP contribution in [0.1, 0.15) is 11.4 Å². The predicted molar refractivity (Wildman–Crippen MR) is 59.1 cm³/mol. The van der Waals surface area contributed by atoms with Crippen molar-refractivity contribution in [2.24, 2.45) is 7.05 Å². The number of benzene rings is 1. The van der Waals surface area contributed by atoms with Gasteiger partial charge >= 0.3 is 6.36 Å². The molecule has 19 heavy (non-hydrogen) atoms. The smallest absolute Gasteiger partial charge is 0.406 e. The van der Waals surface area contributed by atoms with Crippen molar-refractivity contribution >= 4 is 5.69 Å². The average molecular weight is 273 g/mol. The van der Waals surface area contributed by atoms with Gasteiger partial charge in [-0.3, -0.25) is 0 Å². The van der Waals surface area contributed by atoms with Gasteiger partial charge in [0.05, 0.1) is 0 Å². The molecular weight excluding hydrogens is 263 g/mol. The molecule has 0 saturated carbocycles. The number of hydrogen-bond donors (Lipinski definition) is 1. The minimum Gasteiger partial charge on any atom is -0.406 e. The van der Waals surface area contributed by atoms with E-state index in [0.29, 0.717) is 17.8 Å². The monoisotopic (exact) mass is 273 g/mol. The summed E-state index contributed by atoms with van der Waals surface area (Å²) in [4.78, 5) is 0. The van der Waals surface area contributed by atoms with Crippen molar-refractivity contribution in [1.29, 1.82) is 0 Å². The maximum atomic E-state index is 12.0. The minimum absolute atomic E-state index is 0.185. The molecular formula is C10H10F3N5O. The van der Waals surface area contributed by atoms with Gasteiger partial charge in [0.2, 0.25) is 0 Å². The number of alkyl halides is 3. The average Bonchev–Trinajstić information content (AvgIpc) is 2.66. The van der Waals surface area contributed by atoms with Crippen LogP contribution in [0.15, 0.2) is 18.2 Å². The van der Waals surface area contributed by atoms with E-state index in [-0.39, 0.29) is 11.4 Å². The Labute approximate surface area is 106 Å². The Morgan fingerprint density at radius 1 is 1.37 bits per heavy atom. The first-order valence-corrected chi connectivity index (χ1v) is 5.20. The van der Waals surface area contributed by atoms with E-state index in [1.54, 1.807) is 7.05 Å². The van der Waals surface area contributed by atoms with Crippen molar-refractivity contribution in [1.82, 2.24) is 20.2 Å². The molecule has 6 nitrogen and oxygen atoms in total. The molecule has 0 radical (unpaired) electrons. The van der Waals surface area contributed by atoms with Gasteiger partial charge in [-0.25, -0.2) is 4.68 Å². The maximum Gasteiger partial charge on any atom is 0.573 e. The Morgan fingerprint density at radius 3 is 2.63 bits per heavy atom. The summed E-state index contributed by atoms with van der Waals surface area (Å²) in [6.45, 7) is 0. The van der Waals surface area contributed by atoms with E-state index in [2.05, 4.69) is 20.3 Å². The second kappa shape index (κ2) is 4.75. The van der Waals surface area contributed by atoms with Gasteiger partial charge in [-0.15, -0.1) is 18.3 Å². The van der Waals surface area contributed by atoms with Crippen LogP contribution in [0.3, 0.4) is 0 Å². The van der Waals surface area contributed by atoms with Crippen molar-refractivity contribution in [2.45, 2.75) is 12.8 Å². The number of halogens is 3. The Hall–Kier alpha value is -2.32. The van der Waals surface area contributed by atoms with Gasteiger partial charge in [-0.1, -0.05) is 6.07 Å². The molecule has 1 aromatic heterocycles. The molecule has 0 bridgehead atoms. The van der Waals surface area contributed by atoms with Gasteiger partial charge in [-0.2, -0.15) is 0 Å². The number of nitrogen functional groups attached to an aromatic ring is 1. The fourth-order valence-corrected chi connectivity index (χ4v) is 1.50. The molecule has 0 fully saturated rings. The summed E-state index contributed by atoms with van der Waals surface area (Å²) in [5, 5.41) is 10.9. The van der Waals surface area contributed by atoms with Crippen molar-refractivity contribution in [2.75, 3.05) is 5.73 Å². The van der Waals surface area contributed by atoms with Crippen LogP contribution >= 0.6 is 0 Å². The number of rotatable bonds is 3. The summed E-state index contributed by atoms with van der Waals surface area (Å²) in [5.74, 6) is 0.195. The van der Waals surface area contributed by atoms with Gasteiger partial charge in [0.1, 0.15) is 5.75 Å². The molecule has 0 aliphatic heterocycles. The van der Waals surface area contributed by atoms with Gasteiger partial charge in [0, 0.05) is 25.2 Å². The lowest BCUT2D eigenvalue weighted by atomic mass is 10.1. The summed E-state index contributed by atoms with van der Waals surface area (Å²) < 4.78 is 41.3. The third kappa shape index (κ3) is 3.33. The number of hydrogen-bond acceptors (Lipinski definition) is 5. The lowest BCUT2D eigenvalue weighted by molar-refractivity contribution is -0.274. The summed E-state index contributed by atoms with van der Waals surface area (Å²) >= 11 is 0. The second-order valence-electron chi connectivity index (χ2n) is 3.80. The van der Waals surface area contributed by atoms with Crippen LogP contribution in [0.4, 0.5) is 18.9 Å². The Morgan fingerprint density at radius 2 is 2.11 bits per heavy atom. The molecule has 1 heterocycles. The predicted octanol–water partition coefficient (Wildman–Crippen LogP) is 1.28. The number of nitrogens with two attached hydrogens (primary N) is 1. The Kier molecular flexibility index (Phi) is 3.28. The summed E-state index contributed by atoms with van der Waals surface area (Å²) in [6.07, 6.45) is -4.41. The van der Waals surface area contributed by atoms with Crippen LogP contribution in [0.5, 0.6) is 5.75 Å². The zero-order chi connectivity index (χ0) is 14.0. The minimum atomic E-state index is -4.73. The molecule has 102 valence electrons. The first kappa shape index (κ1) is 13.1. The molecule has 9 heteroatoms. The highest BCUT2D eigenvalue weighted by atomic mass is 19.4. The highest BCUT2D eigenvalue weighted by molar-refractivity contribution is 5.52. The summed E-state index contributed by atoms with van der Waals surface area (Å²) in [7, 11) is 1.66. The standard InChI is InChI=1S/C10H10F3N5O/c1-18-9(15-16-17-18)4-6-2-3-7(5-8(6)14)19-10(11,12)13/h2-3,5H,4,14H2,1H3. The topological polar surface area (TPSA) is 78.8 Å². The van der Waals surface area contributed by atoms with E-state index in [1.807, 2.05) is 0 Å². The quantitative estimate of drug-likeness (QED) is 0.852.